The minimum atomic E-state index is -0.595. The van der Waals surface area contributed by atoms with Crippen molar-refractivity contribution in [3.63, 3.8) is 0 Å². The van der Waals surface area contributed by atoms with E-state index in [1.807, 2.05) is 6.07 Å². The fraction of sp³-hybridized carbons (Fsp3) is 0.133. The van der Waals surface area contributed by atoms with E-state index in [0.29, 0.717) is 5.69 Å². The van der Waals surface area contributed by atoms with E-state index in [2.05, 4.69) is 26.6 Å². The third kappa shape index (κ3) is 4.01. The molecule has 6 heteroatoms. The van der Waals surface area contributed by atoms with Gasteiger partial charge in [0.25, 0.3) is 0 Å². The van der Waals surface area contributed by atoms with Crippen LogP contribution >= 0.6 is 15.9 Å². The van der Waals surface area contributed by atoms with Crippen molar-refractivity contribution in [3.05, 3.63) is 58.1 Å². The Morgan fingerprint density at radius 2 is 1.86 bits per heavy atom. The van der Waals surface area contributed by atoms with E-state index in [0.717, 1.165) is 16.6 Å². The van der Waals surface area contributed by atoms with Gasteiger partial charge in [-0.2, -0.15) is 0 Å². The average molecular weight is 355 g/mol. The summed E-state index contributed by atoms with van der Waals surface area (Å²) in [5.74, 6) is -1.48. The van der Waals surface area contributed by atoms with Crippen LogP contribution in [0.15, 0.2) is 40.9 Å². The van der Waals surface area contributed by atoms with Gasteiger partial charge in [-0.15, -0.1) is 0 Å². The number of para-hydroxylation sites is 1. The van der Waals surface area contributed by atoms with Crippen molar-refractivity contribution in [1.29, 1.82) is 0 Å². The Hall–Kier alpha value is -1.95. The van der Waals surface area contributed by atoms with Gasteiger partial charge in [-0.05, 0) is 46.6 Å². The van der Waals surface area contributed by atoms with Crippen LogP contribution < -0.4 is 10.6 Å². The largest absolute Gasteiger partial charge is 0.374 e. The normalized spacial score (nSPS) is 10.3. The molecule has 0 unspecified atom stereocenters. The smallest absolute Gasteiger partial charge is 0.243 e. The lowest BCUT2D eigenvalue weighted by Gasteiger charge is -2.10. The Labute approximate surface area is 129 Å². The molecule has 2 N–H and O–H groups in total. The number of anilines is 2. The Morgan fingerprint density at radius 1 is 1.14 bits per heavy atom. The number of hydrogen-bond acceptors (Lipinski definition) is 2. The SMILES string of the molecule is Cc1cc(F)c(NCC(=O)Nc2ccccc2Br)cc1F. The van der Waals surface area contributed by atoms with Crippen LogP contribution in [0.1, 0.15) is 5.56 Å². The van der Waals surface area contributed by atoms with Crippen molar-refractivity contribution in [2.24, 2.45) is 0 Å². The van der Waals surface area contributed by atoms with Gasteiger partial charge >= 0.3 is 0 Å². The van der Waals surface area contributed by atoms with Crippen LogP contribution in [0.25, 0.3) is 0 Å². The number of nitrogens with one attached hydrogen (secondary N) is 2. The minimum Gasteiger partial charge on any atom is -0.374 e. The molecule has 2 rings (SSSR count). The van der Waals surface area contributed by atoms with Crippen LogP contribution in [0.5, 0.6) is 0 Å². The number of carbonyl (C=O) groups excluding carboxylic acids is 1. The molecule has 0 saturated heterocycles. The van der Waals surface area contributed by atoms with Crippen molar-refractivity contribution >= 4 is 33.2 Å². The Balaban J connectivity index is 1.99. The Morgan fingerprint density at radius 3 is 2.57 bits per heavy atom. The second-order valence-corrected chi connectivity index (χ2v) is 5.32. The maximum atomic E-state index is 13.6. The number of benzene rings is 2. The first-order chi connectivity index (χ1) is 9.97. The molecule has 0 radical (unpaired) electrons. The van der Waals surface area contributed by atoms with Crippen LogP contribution in [-0.4, -0.2) is 12.5 Å². The maximum Gasteiger partial charge on any atom is 0.243 e. The topological polar surface area (TPSA) is 41.1 Å². The zero-order valence-electron chi connectivity index (χ0n) is 11.2. The average Bonchev–Trinajstić information content (AvgIpc) is 2.44. The van der Waals surface area contributed by atoms with Crippen molar-refractivity contribution in [2.75, 3.05) is 17.2 Å². The zero-order valence-corrected chi connectivity index (χ0v) is 12.8. The quantitative estimate of drug-likeness (QED) is 0.868. The van der Waals surface area contributed by atoms with Crippen LogP contribution in [0, 0.1) is 18.6 Å². The molecule has 0 saturated carbocycles. The predicted molar refractivity (Wildman–Crippen MR) is 82.4 cm³/mol. The fourth-order valence-electron chi connectivity index (χ4n) is 1.71. The van der Waals surface area contributed by atoms with E-state index in [9.17, 15) is 13.6 Å². The van der Waals surface area contributed by atoms with E-state index >= 15 is 0 Å². The molecule has 0 aliphatic heterocycles. The molecule has 21 heavy (non-hydrogen) atoms. The molecule has 1 amide bonds. The lowest BCUT2D eigenvalue weighted by molar-refractivity contribution is -0.114. The number of halogens is 3. The first-order valence-electron chi connectivity index (χ1n) is 6.21. The molecule has 2 aromatic carbocycles. The third-order valence-electron chi connectivity index (χ3n) is 2.84. The van der Waals surface area contributed by atoms with Crippen LogP contribution in [0.4, 0.5) is 20.2 Å². The Bertz CT molecular complexity index is 677. The number of carbonyl (C=O) groups is 1. The van der Waals surface area contributed by atoms with Gasteiger partial charge < -0.3 is 10.6 Å². The van der Waals surface area contributed by atoms with Gasteiger partial charge in [-0.3, -0.25) is 4.79 Å². The monoisotopic (exact) mass is 354 g/mol. The van der Waals surface area contributed by atoms with Crippen molar-refractivity contribution < 1.29 is 13.6 Å². The van der Waals surface area contributed by atoms with Gasteiger partial charge in [0.1, 0.15) is 11.6 Å². The molecule has 0 atom stereocenters. The molecule has 3 nitrogen and oxygen atoms in total. The Kier molecular flexibility index (Phi) is 4.90. The molecule has 0 heterocycles. The fourth-order valence-corrected chi connectivity index (χ4v) is 2.10. The standard InChI is InChI=1S/C15H13BrF2N2O/c1-9-6-12(18)14(7-11(9)17)19-8-15(21)20-13-5-3-2-4-10(13)16/h2-7,19H,8H2,1H3,(H,20,21). The van der Waals surface area contributed by atoms with Crippen LogP contribution in [0.2, 0.25) is 0 Å². The van der Waals surface area contributed by atoms with Crippen LogP contribution in [-0.2, 0) is 4.79 Å². The van der Waals surface area contributed by atoms with E-state index in [4.69, 9.17) is 0 Å². The molecule has 2 aromatic rings. The summed E-state index contributed by atoms with van der Waals surface area (Å²) in [4.78, 5) is 11.8. The molecule has 0 aliphatic carbocycles. The molecular weight excluding hydrogens is 342 g/mol. The molecule has 0 aromatic heterocycles. The minimum absolute atomic E-state index is 0.0413. The molecule has 0 spiro atoms. The number of aryl methyl sites for hydroxylation is 1. The van der Waals surface area contributed by atoms with Crippen LogP contribution in [0.3, 0.4) is 0 Å². The molecule has 0 bridgehead atoms. The highest BCUT2D eigenvalue weighted by atomic mass is 79.9. The second-order valence-electron chi connectivity index (χ2n) is 4.46. The van der Waals surface area contributed by atoms with Gasteiger partial charge in [0.05, 0.1) is 17.9 Å². The highest BCUT2D eigenvalue weighted by Crippen LogP contribution is 2.21. The number of rotatable bonds is 4. The number of amides is 1. The van der Waals surface area contributed by atoms with Gasteiger partial charge in [-0.1, -0.05) is 12.1 Å². The molecular formula is C15H13BrF2N2O. The van der Waals surface area contributed by atoms with Crippen molar-refractivity contribution in [2.45, 2.75) is 6.92 Å². The van der Waals surface area contributed by atoms with Gasteiger partial charge in [0.2, 0.25) is 5.91 Å². The third-order valence-corrected chi connectivity index (χ3v) is 3.53. The first-order valence-corrected chi connectivity index (χ1v) is 7.00. The van der Waals surface area contributed by atoms with Gasteiger partial charge in [-0.25, -0.2) is 8.78 Å². The predicted octanol–water partition coefficient (Wildman–Crippen LogP) is 4.09. The summed E-state index contributed by atoms with van der Waals surface area (Å²) in [6.45, 7) is 1.31. The molecule has 0 fully saturated rings. The zero-order chi connectivity index (χ0) is 15.4. The number of hydrogen-bond donors (Lipinski definition) is 2. The summed E-state index contributed by atoms with van der Waals surface area (Å²) in [6.07, 6.45) is 0. The van der Waals surface area contributed by atoms with E-state index < -0.39 is 11.6 Å². The summed E-state index contributed by atoms with van der Waals surface area (Å²) in [6, 6.07) is 9.25. The van der Waals surface area contributed by atoms with Crippen molar-refractivity contribution in [1.82, 2.24) is 0 Å². The van der Waals surface area contributed by atoms with Gasteiger partial charge in [0.15, 0.2) is 0 Å². The highest BCUT2D eigenvalue weighted by molar-refractivity contribution is 9.10. The summed E-state index contributed by atoms with van der Waals surface area (Å²) >= 11 is 3.31. The first kappa shape index (κ1) is 15.4. The maximum absolute atomic E-state index is 13.6. The molecule has 0 aliphatic rings. The summed E-state index contributed by atoms with van der Waals surface area (Å²) in [5.41, 5.74) is 0.788. The molecule has 110 valence electrons. The van der Waals surface area contributed by atoms with Gasteiger partial charge in [0, 0.05) is 10.5 Å². The highest BCUT2D eigenvalue weighted by Gasteiger charge is 2.09. The van der Waals surface area contributed by atoms with Crippen molar-refractivity contribution in [3.8, 4) is 0 Å². The van der Waals surface area contributed by atoms with E-state index in [1.165, 1.54) is 6.92 Å². The summed E-state index contributed by atoms with van der Waals surface area (Å²) in [5, 5.41) is 5.24. The lowest BCUT2D eigenvalue weighted by Crippen LogP contribution is -2.22. The van der Waals surface area contributed by atoms with E-state index in [-0.39, 0.29) is 23.7 Å². The second kappa shape index (κ2) is 6.67. The summed E-state index contributed by atoms with van der Waals surface area (Å²) < 4.78 is 27.7. The summed E-state index contributed by atoms with van der Waals surface area (Å²) in [7, 11) is 0. The lowest BCUT2D eigenvalue weighted by atomic mass is 10.2. The van der Waals surface area contributed by atoms with E-state index in [1.54, 1.807) is 18.2 Å².